The van der Waals surface area contributed by atoms with Crippen molar-refractivity contribution in [3.05, 3.63) is 84.5 Å². The van der Waals surface area contributed by atoms with Crippen molar-refractivity contribution in [1.29, 1.82) is 0 Å². The molecule has 11 heteroatoms. The number of halogens is 1. The molecule has 1 aliphatic heterocycles. The van der Waals surface area contributed by atoms with Crippen LogP contribution in [0.1, 0.15) is 43.7 Å². The number of likely N-dealkylation sites (N-methyl/N-ethyl adjacent to an activating group) is 1. The Morgan fingerprint density at radius 1 is 1.16 bits per heavy atom. The topological polar surface area (TPSA) is 112 Å². The predicted molar refractivity (Wildman–Crippen MR) is 172 cm³/mol. The second kappa shape index (κ2) is 12.4. The molecule has 1 unspecified atom stereocenters. The molecule has 1 amide bonds. The van der Waals surface area contributed by atoms with E-state index in [1.165, 1.54) is 0 Å². The number of piperidine rings is 1. The average molecular weight is 594 g/mol. The minimum Gasteiger partial charge on any atom is -0.350 e. The Kier molecular flexibility index (Phi) is 8.21. The first-order chi connectivity index (χ1) is 21.3. The summed E-state index contributed by atoms with van der Waals surface area (Å²) in [5, 5.41) is 16.0. The molecule has 3 aromatic heterocycles. The van der Waals surface area contributed by atoms with Gasteiger partial charge in [0.25, 0.3) is 5.91 Å². The summed E-state index contributed by atoms with van der Waals surface area (Å²) in [6.45, 7) is 9.85. The van der Waals surface area contributed by atoms with E-state index in [4.69, 9.17) is 15.0 Å². The van der Waals surface area contributed by atoms with Gasteiger partial charge in [0.15, 0.2) is 11.5 Å². The fourth-order valence-electron chi connectivity index (χ4n) is 5.70. The van der Waals surface area contributed by atoms with Gasteiger partial charge in [0.05, 0.1) is 11.9 Å². The van der Waals surface area contributed by atoms with Gasteiger partial charge in [-0.05, 0) is 61.5 Å². The van der Waals surface area contributed by atoms with Crippen molar-refractivity contribution < 1.29 is 9.18 Å². The van der Waals surface area contributed by atoms with Crippen LogP contribution >= 0.6 is 0 Å². The van der Waals surface area contributed by atoms with E-state index in [1.54, 1.807) is 22.8 Å². The number of rotatable bonds is 9. The number of carbonyl (C=O) groups excluding carboxylic acids is 1. The summed E-state index contributed by atoms with van der Waals surface area (Å²) in [5.74, 6) is -0.458. The van der Waals surface area contributed by atoms with E-state index in [-0.39, 0.29) is 12.0 Å². The first kappa shape index (κ1) is 29.2. The van der Waals surface area contributed by atoms with Crippen LogP contribution in [0.15, 0.2) is 73.3 Å². The lowest BCUT2D eigenvalue weighted by atomic mass is 9.99. The van der Waals surface area contributed by atoms with Crippen LogP contribution in [0.4, 0.5) is 22.0 Å². The zero-order valence-electron chi connectivity index (χ0n) is 25.1. The standard InChI is InChI=1S/C33H36FN9O/c1-20(2)28-18-37-43-30(28)40-32(39-25-9-7-15-42(4)19-25)41-33(43)36-17-23-8-5-6-10-26(23)29-27-12-11-24(38-31(44)21(3)34)16-22(27)13-14-35-29/h5-6,8,10-14,16,18,20,25H,3,7,9,15,17,19H2,1-2,4H3,(H,38,44)(H2,36,39,40,41). The zero-order valence-corrected chi connectivity index (χ0v) is 25.1. The van der Waals surface area contributed by atoms with Crippen molar-refractivity contribution in [2.75, 3.05) is 36.1 Å². The van der Waals surface area contributed by atoms with Gasteiger partial charge in [0.2, 0.25) is 11.9 Å². The van der Waals surface area contributed by atoms with E-state index in [9.17, 15) is 9.18 Å². The molecule has 5 aromatic rings. The van der Waals surface area contributed by atoms with Crippen LogP contribution in [0.25, 0.3) is 27.7 Å². The number of carbonyl (C=O) groups is 1. The Balaban J connectivity index is 1.31. The van der Waals surface area contributed by atoms with E-state index in [2.05, 4.69) is 59.5 Å². The molecular weight excluding hydrogens is 557 g/mol. The number of benzene rings is 2. The summed E-state index contributed by atoms with van der Waals surface area (Å²) in [6, 6.07) is 15.6. The SMILES string of the molecule is C=C(F)C(=O)Nc1ccc2c(-c3ccccc3CNc3nc(NC4CCCN(C)C4)nc4c(C(C)C)cnn34)nccc2c1. The third-order valence-electron chi connectivity index (χ3n) is 7.95. The number of anilines is 3. The Labute approximate surface area is 255 Å². The lowest BCUT2D eigenvalue weighted by Crippen LogP contribution is -2.40. The number of nitrogens with zero attached hydrogens (tertiary/aromatic N) is 6. The Hall–Kier alpha value is -4.90. The van der Waals surface area contributed by atoms with Crippen molar-refractivity contribution in [2.24, 2.45) is 0 Å². The first-order valence-electron chi connectivity index (χ1n) is 14.8. The molecule has 0 aliphatic carbocycles. The number of likely N-dealkylation sites (tertiary alicyclic amines) is 1. The van der Waals surface area contributed by atoms with Crippen molar-refractivity contribution in [1.82, 2.24) is 29.5 Å². The van der Waals surface area contributed by atoms with Crippen LogP contribution in [0.5, 0.6) is 0 Å². The minimum absolute atomic E-state index is 0.256. The average Bonchev–Trinajstić information content (AvgIpc) is 3.44. The summed E-state index contributed by atoms with van der Waals surface area (Å²) < 4.78 is 15.0. The van der Waals surface area contributed by atoms with Crippen LogP contribution in [0.2, 0.25) is 0 Å². The number of hydrogen-bond donors (Lipinski definition) is 3. The highest BCUT2D eigenvalue weighted by Crippen LogP contribution is 2.31. The van der Waals surface area contributed by atoms with E-state index in [1.807, 2.05) is 36.5 Å². The van der Waals surface area contributed by atoms with E-state index in [0.717, 1.165) is 64.7 Å². The zero-order chi connectivity index (χ0) is 30.8. The number of pyridine rings is 1. The number of amides is 1. The van der Waals surface area contributed by atoms with Gasteiger partial charge in [-0.2, -0.15) is 19.6 Å². The lowest BCUT2D eigenvalue weighted by molar-refractivity contribution is -0.114. The smallest absolute Gasteiger partial charge is 0.283 e. The minimum atomic E-state index is -1.04. The molecular formula is C33H36FN9O. The quantitative estimate of drug-likeness (QED) is 0.178. The molecule has 6 rings (SSSR count). The highest BCUT2D eigenvalue weighted by Gasteiger charge is 2.21. The van der Waals surface area contributed by atoms with Crippen LogP contribution in [-0.2, 0) is 11.3 Å². The molecule has 1 saturated heterocycles. The number of hydrogen-bond acceptors (Lipinski definition) is 8. The van der Waals surface area contributed by atoms with Crippen molar-refractivity contribution in [3.8, 4) is 11.3 Å². The molecule has 0 saturated carbocycles. The normalized spacial score (nSPS) is 15.5. The van der Waals surface area contributed by atoms with Gasteiger partial charge in [-0.3, -0.25) is 9.78 Å². The fraction of sp³-hybridized carbons (Fsp3) is 0.303. The van der Waals surface area contributed by atoms with Gasteiger partial charge < -0.3 is 20.9 Å². The molecule has 3 N–H and O–H groups in total. The van der Waals surface area contributed by atoms with Crippen molar-refractivity contribution in [2.45, 2.75) is 45.2 Å². The van der Waals surface area contributed by atoms with Gasteiger partial charge in [0.1, 0.15) is 0 Å². The van der Waals surface area contributed by atoms with E-state index in [0.29, 0.717) is 24.1 Å². The predicted octanol–water partition coefficient (Wildman–Crippen LogP) is 6.00. The summed E-state index contributed by atoms with van der Waals surface area (Å²) in [7, 11) is 2.14. The molecule has 1 aliphatic rings. The number of nitrogens with one attached hydrogen (secondary N) is 3. The third kappa shape index (κ3) is 6.09. The Morgan fingerprint density at radius 2 is 2.00 bits per heavy atom. The maximum atomic E-state index is 13.2. The Bertz CT molecular complexity index is 1850. The highest BCUT2D eigenvalue weighted by molar-refractivity contribution is 6.04. The van der Waals surface area contributed by atoms with Crippen LogP contribution < -0.4 is 16.0 Å². The second-order valence-corrected chi connectivity index (χ2v) is 11.6. The summed E-state index contributed by atoms with van der Waals surface area (Å²) in [4.78, 5) is 28.6. The second-order valence-electron chi connectivity index (χ2n) is 11.6. The summed E-state index contributed by atoms with van der Waals surface area (Å²) >= 11 is 0. The molecule has 0 bridgehead atoms. The molecule has 1 atom stereocenters. The van der Waals surface area contributed by atoms with E-state index < -0.39 is 11.7 Å². The summed E-state index contributed by atoms with van der Waals surface area (Å²) in [5.41, 5.74) is 5.09. The van der Waals surface area contributed by atoms with Crippen molar-refractivity contribution >= 4 is 39.9 Å². The highest BCUT2D eigenvalue weighted by atomic mass is 19.1. The number of aromatic nitrogens is 5. The lowest BCUT2D eigenvalue weighted by Gasteiger charge is -2.30. The monoisotopic (exact) mass is 593 g/mol. The van der Waals surface area contributed by atoms with Gasteiger partial charge >= 0.3 is 0 Å². The van der Waals surface area contributed by atoms with Crippen LogP contribution in [0.3, 0.4) is 0 Å². The molecule has 2 aromatic carbocycles. The molecule has 4 heterocycles. The van der Waals surface area contributed by atoms with Crippen LogP contribution in [-0.4, -0.2) is 61.6 Å². The molecule has 44 heavy (non-hydrogen) atoms. The largest absolute Gasteiger partial charge is 0.350 e. The summed E-state index contributed by atoms with van der Waals surface area (Å²) in [6.07, 6.45) is 5.80. The maximum absolute atomic E-state index is 13.2. The Morgan fingerprint density at radius 3 is 2.80 bits per heavy atom. The molecule has 226 valence electrons. The molecule has 10 nitrogen and oxygen atoms in total. The van der Waals surface area contributed by atoms with Crippen LogP contribution in [0, 0.1) is 0 Å². The maximum Gasteiger partial charge on any atom is 0.283 e. The molecule has 1 fully saturated rings. The molecule has 0 radical (unpaired) electrons. The number of fused-ring (bicyclic) bond motifs is 2. The van der Waals surface area contributed by atoms with Gasteiger partial charge in [0, 0.05) is 47.5 Å². The third-order valence-corrected chi connectivity index (χ3v) is 7.95. The first-order valence-corrected chi connectivity index (χ1v) is 14.8. The van der Waals surface area contributed by atoms with Gasteiger partial charge in [-0.25, -0.2) is 4.39 Å². The molecule has 0 spiro atoms. The fourth-order valence-corrected chi connectivity index (χ4v) is 5.70. The van der Waals surface area contributed by atoms with Crippen molar-refractivity contribution in [3.63, 3.8) is 0 Å². The van der Waals surface area contributed by atoms with E-state index >= 15 is 0 Å². The van der Waals surface area contributed by atoms with Gasteiger partial charge in [-0.15, -0.1) is 0 Å². The van der Waals surface area contributed by atoms with Gasteiger partial charge in [-0.1, -0.05) is 50.8 Å².